The van der Waals surface area contributed by atoms with Gasteiger partial charge in [0.25, 0.3) is 0 Å². The molecule has 0 aromatic heterocycles. The Labute approximate surface area is 56.4 Å². The topological polar surface area (TPSA) is 127 Å². The molecule has 2 atom stereocenters. The van der Waals surface area contributed by atoms with E-state index in [0.717, 1.165) is 0 Å². The van der Waals surface area contributed by atoms with Crippen molar-refractivity contribution in [1.82, 2.24) is 0 Å². The maximum Gasteiger partial charge on any atom is 0.249 e. The Kier molecular flexibility index (Phi) is 2.78. The Morgan fingerprint density at radius 3 is 1.30 bits per heavy atom. The van der Waals surface area contributed by atoms with E-state index in [-0.39, 0.29) is 0 Å². The fourth-order valence-corrected chi connectivity index (χ4v) is 0.311. The van der Waals surface area contributed by atoms with Crippen molar-refractivity contribution in [2.75, 3.05) is 0 Å². The summed E-state index contributed by atoms with van der Waals surface area (Å²) >= 11 is 0. The van der Waals surface area contributed by atoms with Gasteiger partial charge in [0.1, 0.15) is 0 Å². The number of carbonyl (C=O) groups is 2. The zero-order valence-corrected chi connectivity index (χ0v) is 5.02. The molecule has 6 heteroatoms. The lowest BCUT2D eigenvalue weighted by Crippen LogP contribution is -2.46. The average molecular weight is 148 g/mol. The Bertz CT molecular complexity index is 139. The van der Waals surface area contributed by atoms with Crippen LogP contribution in [0.4, 0.5) is 0 Å². The zero-order valence-electron chi connectivity index (χ0n) is 5.02. The Hall–Kier alpha value is -1.14. The molecular weight excluding hydrogens is 140 g/mol. The summed E-state index contributed by atoms with van der Waals surface area (Å²) in [6, 6.07) is 0. The van der Waals surface area contributed by atoms with Crippen LogP contribution in [-0.2, 0) is 9.59 Å². The average Bonchev–Trinajstić information content (AvgIpc) is 1.84. The van der Waals surface area contributed by atoms with Crippen molar-refractivity contribution < 1.29 is 19.8 Å². The number of nitrogens with two attached hydrogens (primary N) is 2. The number of primary amides is 2. The van der Waals surface area contributed by atoms with Crippen LogP contribution in [0.5, 0.6) is 0 Å². The molecule has 0 aliphatic carbocycles. The van der Waals surface area contributed by atoms with Crippen LogP contribution in [0.1, 0.15) is 0 Å². The molecular formula is C4H8N2O4. The van der Waals surface area contributed by atoms with Crippen LogP contribution in [0, 0.1) is 0 Å². The molecule has 6 N–H and O–H groups in total. The van der Waals surface area contributed by atoms with Gasteiger partial charge in [0.15, 0.2) is 12.2 Å². The largest absolute Gasteiger partial charge is 0.380 e. The molecule has 0 rings (SSSR count). The fraction of sp³-hybridized carbons (Fsp3) is 0.500. The number of hydrogen-bond donors (Lipinski definition) is 4. The molecule has 2 amide bonds. The third-order valence-corrected chi connectivity index (χ3v) is 0.882. The monoisotopic (exact) mass is 148 g/mol. The molecule has 6 nitrogen and oxygen atoms in total. The quantitative estimate of drug-likeness (QED) is 0.334. The van der Waals surface area contributed by atoms with Gasteiger partial charge in [-0.05, 0) is 0 Å². The third-order valence-electron chi connectivity index (χ3n) is 0.882. The molecule has 0 aliphatic heterocycles. The van der Waals surface area contributed by atoms with Gasteiger partial charge in [-0.25, -0.2) is 0 Å². The molecule has 0 spiro atoms. The van der Waals surface area contributed by atoms with Gasteiger partial charge in [-0.15, -0.1) is 0 Å². The van der Waals surface area contributed by atoms with Gasteiger partial charge in [-0.2, -0.15) is 0 Å². The van der Waals surface area contributed by atoms with Gasteiger partial charge >= 0.3 is 0 Å². The second kappa shape index (κ2) is 3.14. The van der Waals surface area contributed by atoms with Crippen LogP contribution in [0.15, 0.2) is 0 Å². The van der Waals surface area contributed by atoms with Gasteiger partial charge in [0, 0.05) is 0 Å². The Morgan fingerprint density at radius 1 is 1.00 bits per heavy atom. The Morgan fingerprint density at radius 2 is 1.20 bits per heavy atom. The lowest BCUT2D eigenvalue weighted by atomic mass is 10.2. The summed E-state index contributed by atoms with van der Waals surface area (Å²) < 4.78 is 0. The minimum atomic E-state index is -1.92. The van der Waals surface area contributed by atoms with Gasteiger partial charge in [0.05, 0.1) is 0 Å². The van der Waals surface area contributed by atoms with Crippen LogP contribution in [0.25, 0.3) is 0 Å². The summed E-state index contributed by atoms with van der Waals surface area (Å²) in [4.78, 5) is 20.1. The first kappa shape index (κ1) is 8.86. The van der Waals surface area contributed by atoms with E-state index in [9.17, 15) is 9.59 Å². The first-order chi connectivity index (χ1) is 4.46. The van der Waals surface area contributed by atoms with Crippen molar-refractivity contribution in [2.45, 2.75) is 12.2 Å². The molecule has 0 radical (unpaired) electrons. The Balaban J connectivity index is 4.07. The fourth-order valence-electron chi connectivity index (χ4n) is 0.311. The van der Waals surface area contributed by atoms with Gasteiger partial charge in [-0.3, -0.25) is 9.59 Å². The maximum absolute atomic E-state index is 10.0. The van der Waals surface area contributed by atoms with Crippen molar-refractivity contribution in [2.24, 2.45) is 11.5 Å². The molecule has 0 aromatic rings. The second-order valence-corrected chi connectivity index (χ2v) is 1.69. The van der Waals surface area contributed by atoms with Crippen LogP contribution in [-0.4, -0.2) is 34.2 Å². The smallest absolute Gasteiger partial charge is 0.249 e. The standard InChI is InChI=1S/C4H8N2O4/c5-3(9)1(7)2(8)4(6)10/h1-2,7-8H,(H2,5,9)(H2,6,10). The molecule has 10 heavy (non-hydrogen) atoms. The number of rotatable bonds is 3. The van der Waals surface area contributed by atoms with E-state index >= 15 is 0 Å². The van der Waals surface area contributed by atoms with E-state index in [1.807, 2.05) is 0 Å². The van der Waals surface area contributed by atoms with Gasteiger partial charge in [-0.1, -0.05) is 0 Å². The second-order valence-electron chi connectivity index (χ2n) is 1.69. The highest BCUT2D eigenvalue weighted by atomic mass is 16.3. The van der Waals surface area contributed by atoms with E-state index < -0.39 is 24.0 Å². The summed E-state index contributed by atoms with van der Waals surface area (Å²) in [5.74, 6) is -2.38. The van der Waals surface area contributed by atoms with Crippen molar-refractivity contribution in [3.8, 4) is 0 Å². The summed E-state index contributed by atoms with van der Waals surface area (Å²) in [7, 11) is 0. The third kappa shape index (κ3) is 2.00. The summed E-state index contributed by atoms with van der Waals surface area (Å²) in [5.41, 5.74) is 9.04. The minimum absolute atomic E-state index is 1.19. The zero-order chi connectivity index (χ0) is 8.31. The summed E-state index contributed by atoms with van der Waals surface area (Å²) in [6.07, 6.45) is -3.84. The van der Waals surface area contributed by atoms with Crippen molar-refractivity contribution >= 4 is 11.8 Å². The number of carbonyl (C=O) groups excluding carboxylic acids is 2. The van der Waals surface area contributed by atoms with Crippen LogP contribution >= 0.6 is 0 Å². The van der Waals surface area contributed by atoms with E-state index in [1.165, 1.54) is 0 Å². The first-order valence-corrected chi connectivity index (χ1v) is 2.41. The number of amides is 2. The maximum atomic E-state index is 10.0. The van der Waals surface area contributed by atoms with Gasteiger partial charge in [0.2, 0.25) is 11.8 Å². The van der Waals surface area contributed by atoms with E-state index in [2.05, 4.69) is 11.5 Å². The van der Waals surface area contributed by atoms with E-state index in [1.54, 1.807) is 0 Å². The number of hydrogen-bond acceptors (Lipinski definition) is 4. The molecule has 0 bridgehead atoms. The predicted octanol–water partition coefficient (Wildman–Crippen LogP) is -3.32. The number of aliphatic hydroxyl groups excluding tert-OH is 2. The van der Waals surface area contributed by atoms with Crippen LogP contribution in [0.3, 0.4) is 0 Å². The summed E-state index contributed by atoms with van der Waals surface area (Å²) in [5, 5.41) is 17.1. The highest BCUT2D eigenvalue weighted by molar-refractivity contribution is 5.88. The molecule has 0 saturated heterocycles. The lowest BCUT2D eigenvalue weighted by molar-refractivity contribution is -0.142. The predicted molar refractivity (Wildman–Crippen MR) is 30.4 cm³/mol. The first-order valence-electron chi connectivity index (χ1n) is 2.41. The lowest BCUT2D eigenvalue weighted by Gasteiger charge is -2.09. The molecule has 2 unspecified atom stereocenters. The van der Waals surface area contributed by atoms with Crippen molar-refractivity contribution in [3.63, 3.8) is 0 Å². The molecule has 0 heterocycles. The molecule has 58 valence electrons. The highest BCUT2D eigenvalue weighted by Gasteiger charge is 2.25. The van der Waals surface area contributed by atoms with Crippen molar-refractivity contribution in [1.29, 1.82) is 0 Å². The normalized spacial score (nSPS) is 15.8. The van der Waals surface area contributed by atoms with Crippen LogP contribution < -0.4 is 11.5 Å². The molecule has 0 aromatic carbocycles. The number of aliphatic hydroxyl groups is 2. The molecule has 0 aliphatic rings. The van der Waals surface area contributed by atoms with Gasteiger partial charge < -0.3 is 21.7 Å². The SMILES string of the molecule is NC(=O)C(O)C(O)C(N)=O. The summed E-state index contributed by atoms with van der Waals surface area (Å²) in [6.45, 7) is 0. The minimum Gasteiger partial charge on any atom is -0.380 e. The molecule has 0 saturated carbocycles. The highest BCUT2D eigenvalue weighted by Crippen LogP contribution is 1.89. The van der Waals surface area contributed by atoms with E-state index in [0.29, 0.717) is 0 Å². The van der Waals surface area contributed by atoms with Crippen molar-refractivity contribution in [3.05, 3.63) is 0 Å². The van der Waals surface area contributed by atoms with Crippen LogP contribution in [0.2, 0.25) is 0 Å². The van der Waals surface area contributed by atoms with E-state index in [4.69, 9.17) is 10.2 Å². The molecule has 0 fully saturated rings.